The lowest BCUT2D eigenvalue weighted by Gasteiger charge is -2.25. The van der Waals surface area contributed by atoms with Crippen molar-refractivity contribution in [1.82, 2.24) is 15.6 Å². The molecule has 5 nitrogen and oxygen atoms in total. The van der Waals surface area contributed by atoms with Crippen LogP contribution in [0.4, 0.5) is 13.2 Å². The molecule has 1 aliphatic rings. The van der Waals surface area contributed by atoms with E-state index in [0.717, 1.165) is 32.0 Å². The Hall–Kier alpha value is -1.38. The largest absolute Gasteiger partial charge is 0.474 e. The molecule has 0 saturated carbocycles. The zero-order valence-electron chi connectivity index (χ0n) is 13.9. The Bertz CT molecular complexity index is 544. The van der Waals surface area contributed by atoms with Crippen LogP contribution in [0.3, 0.4) is 0 Å². The van der Waals surface area contributed by atoms with Crippen LogP contribution in [0.2, 0.25) is 0 Å². The molecule has 0 atom stereocenters. The number of hydrogen-bond acceptors (Lipinski definition) is 5. The first-order valence-electron chi connectivity index (χ1n) is 8.01. The van der Waals surface area contributed by atoms with Gasteiger partial charge in [-0.25, -0.2) is 4.98 Å². The highest BCUT2D eigenvalue weighted by molar-refractivity contribution is 5.27. The molecule has 0 aromatic carbocycles. The number of aromatic nitrogens is 1. The number of hydrogen-bond donors (Lipinski definition) is 3. The van der Waals surface area contributed by atoms with Crippen LogP contribution in [0.1, 0.15) is 37.9 Å². The number of alkyl halides is 3. The number of rotatable bonds is 6. The monoisotopic (exact) mass is 347 g/mol. The summed E-state index contributed by atoms with van der Waals surface area (Å²) in [6.07, 6.45) is -3.18. The molecule has 0 aliphatic carbocycles. The van der Waals surface area contributed by atoms with Gasteiger partial charge in [0.05, 0.1) is 6.61 Å². The second-order valence-corrected chi connectivity index (χ2v) is 6.66. The topological polar surface area (TPSA) is 66.4 Å². The molecule has 0 radical (unpaired) electrons. The Kier molecular flexibility index (Phi) is 6.06. The highest BCUT2D eigenvalue weighted by atomic mass is 19.4. The minimum Gasteiger partial charge on any atom is -0.474 e. The molecule has 136 valence electrons. The summed E-state index contributed by atoms with van der Waals surface area (Å²) in [5.41, 5.74) is -1.13. The van der Waals surface area contributed by atoms with Crippen molar-refractivity contribution in [3.05, 3.63) is 23.4 Å². The number of ether oxygens (including phenoxy) is 1. The summed E-state index contributed by atoms with van der Waals surface area (Å²) >= 11 is 0. The van der Waals surface area contributed by atoms with E-state index in [1.807, 2.05) is 0 Å². The zero-order valence-corrected chi connectivity index (χ0v) is 13.9. The predicted molar refractivity (Wildman–Crippen MR) is 83.8 cm³/mol. The maximum atomic E-state index is 13.1. The fourth-order valence-corrected chi connectivity index (χ4v) is 2.35. The standard InChI is InChI=1S/C16H24F3N3O2/c1-15(2,10-23)21-9-11-7-13(16(17,18)19)22-14(8-11)24-12-3-5-20-6-4-12/h7-8,12,20-21,23H,3-6,9-10H2,1-2H3. The van der Waals surface area contributed by atoms with E-state index in [0.29, 0.717) is 5.56 Å². The van der Waals surface area contributed by atoms with Crippen LogP contribution < -0.4 is 15.4 Å². The Labute approximate surface area is 139 Å². The normalized spacial score (nSPS) is 17.1. The fraction of sp³-hybridized carbons (Fsp3) is 0.688. The molecule has 1 aromatic rings. The van der Waals surface area contributed by atoms with Crippen molar-refractivity contribution in [1.29, 1.82) is 0 Å². The number of aliphatic hydroxyl groups is 1. The van der Waals surface area contributed by atoms with Crippen LogP contribution in [0, 0.1) is 0 Å². The van der Waals surface area contributed by atoms with Gasteiger partial charge in [0.2, 0.25) is 5.88 Å². The third-order valence-corrected chi connectivity index (χ3v) is 3.89. The molecule has 2 heterocycles. The van der Waals surface area contributed by atoms with E-state index in [9.17, 15) is 18.3 Å². The van der Waals surface area contributed by atoms with E-state index in [2.05, 4.69) is 15.6 Å². The third kappa shape index (κ3) is 5.61. The van der Waals surface area contributed by atoms with Gasteiger partial charge in [-0.15, -0.1) is 0 Å². The average Bonchev–Trinajstić information content (AvgIpc) is 2.53. The van der Waals surface area contributed by atoms with Crippen molar-refractivity contribution in [2.75, 3.05) is 19.7 Å². The summed E-state index contributed by atoms with van der Waals surface area (Å²) in [6, 6.07) is 2.54. The third-order valence-electron chi connectivity index (χ3n) is 3.89. The summed E-state index contributed by atoms with van der Waals surface area (Å²) in [5, 5.41) is 15.4. The van der Waals surface area contributed by atoms with Crippen LogP contribution in [-0.2, 0) is 12.7 Å². The Morgan fingerprint density at radius 3 is 2.54 bits per heavy atom. The smallest absolute Gasteiger partial charge is 0.433 e. The minimum atomic E-state index is -4.53. The van der Waals surface area contributed by atoms with E-state index in [-0.39, 0.29) is 25.1 Å². The second-order valence-electron chi connectivity index (χ2n) is 6.66. The van der Waals surface area contributed by atoms with Gasteiger partial charge in [-0.2, -0.15) is 13.2 Å². The highest BCUT2D eigenvalue weighted by Gasteiger charge is 2.34. The molecule has 2 rings (SSSR count). The summed E-state index contributed by atoms with van der Waals surface area (Å²) in [7, 11) is 0. The summed E-state index contributed by atoms with van der Waals surface area (Å²) < 4.78 is 44.9. The number of aliphatic hydroxyl groups excluding tert-OH is 1. The molecule has 8 heteroatoms. The number of pyridine rings is 1. The Morgan fingerprint density at radius 2 is 1.96 bits per heavy atom. The van der Waals surface area contributed by atoms with Gasteiger partial charge in [-0.1, -0.05) is 0 Å². The molecular weight excluding hydrogens is 323 g/mol. The summed E-state index contributed by atoms with van der Waals surface area (Å²) in [4.78, 5) is 3.62. The maximum Gasteiger partial charge on any atom is 0.433 e. The first-order chi connectivity index (χ1) is 11.2. The Morgan fingerprint density at radius 1 is 1.29 bits per heavy atom. The summed E-state index contributed by atoms with van der Waals surface area (Å²) in [5.74, 6) is -0.00432. The van der Waals surface area contributed by atoms with E-state index in [1.54, 1.807) is 13.8 Å². The van der Waals surface area contributed by atoms with Gasteiger partial charge in [0, 0.05) is 18.2 Å². The average molecular weight is 347 g/mol. The molecular formula is C16H24F3N3O2. The predicted octanol–water partition coefficient (Wildman–Crippen LogP) is 2.09. The van der Waals surface area contributed by atoms with Crippen LogP contribution in [0.25, 0.3) is 0 Å². The molecule has 0 spiro atoms. The van der Waals surface area contributed by atoms with E-state index >= 15 is 0 Å². The van der Waals surface area contributed by atoms with Crippen LogP contribution in [-0.4, -0.2) is 41.4 Å². The maximum absolute atomic E-state index is 13.1. The van der Waals surface area contributed by atoms with Gasteiger partial charge in [0.15, 0.2) is 0 Å². The molecule has 1 fully saturated rings. The minimum absolute atomic E-state index is 0.00432. The second kappa shape index (κ2) is 7.67. The fourth-order valence-electron chi connectivity index (χ4n) is 2.35. The highest BCUT2D eigenvalue weighted by Crippen LogP contribution is 2.30. The number of nitrogens with one attached hydrogen (secondary N) is 2. The molecule has 0 amide bonds. The van der Waals surface area contributed by atoms with E-state index in [1.165, 1.54) is 6.07 Å². The van der Waals surface area contributed by atoms with Crippen LogP contribution in [0.15, 0.2) is 12.1 Å². The van der Waals surface area contributed by atoms with Gasteiger partial charge in [-0.3, -0.25) is 0 Å². The van der Waals surface area contributed by atoms with Crippen molar-refractivity contribution in [3.8, 4) is 5.88 Å². The lowest BCUT2D eigenvalue weighted by atomic mass is 10.1. The molecule has 1 aromatic heterocycles. The molecule has 0 unspecified atom stereocenters. The van der Waals surface area contributed by atoms with Gasteiger partial charge in [-0.05, 0) is 51.4 Å². The summed E-state index contributed by atoms with van der Waals surface area (Å²) in [6.45, 7) is 5.16. The van der Waals surface area contributed by atoms with Crippen molar-refractivity contribution >= 4 is 0 Å². The number of halogens is 3. The van der Waals surface area contributed by atoms with E-state index in [4.69, 9.17) is 4.74 Å². The van der Waals surface area contributed by atoms with E-state index < -0.39 is 17.4 Å². The quantitative estimate of drug-likeness (QED) is 0.735. The first kappa shape index (κ1) is 19.0. The van der Waals surface area contributed by atoms with Crippen molar-refractivity contribution in [3.63, 3.8) is 0 Å². The molecule has 1 aliphatic heterocycles. The van der Waals surface area contributed by atoms with Gasteiger partial charge in [0.25, 0.3) is 0 Å². The first-order valence-corrected chi connectivity index (χ1v) is 8.01. The van der Waals surface area contributed by atoms with Crippen molar-refractivity contribution in [2.45, 2.75) is 51.1 Å². The SMILES string of the molecule is CC(C)(CO)NCc1cc(OC2CCNCC2)nc(C(F)(F)F)c1. The Balaban J connectivity index is 2.17. The molecule has 24 heavy (non-hydrogen) atoms. The van der Waals surface area contributed by atoms with Crippen molar-refractivity contribution in [2.24, 2.45) is 0 Å². The lowest BCUT2D eigenvalue weighted by molar-refractivity contribution is -0.141. The molecule has 0 bridgehead atoms. The number of piperidine rings is 1. The van der Waals surface area contributed by atoms with Crippen LogP contribution >= 0.6 is 0 Å². The van der Waals surface area contributed by atoms with Crippen molar-refractivity contribution < 1.29 is 23.0 Å². The molecule has 1 saturated heterocycles. The number of nitrogens with zero attached hydrogens (tertiary/aromatic N) is 1. The lowest BCUT2D eigenvalue weighted by Crippen LogP contribution is -2.42. The zero-order chi connectivity index (χ0) is 17.8. The van der Waals surface area contributed by atoms with Gasteiger partial charge >= 0.3 is 6.18 Å². The van der Waals surface area contributed by atoms with Gasteiger partial charge < -0.3 is 20.5 Å². The van der Waals surface area contributed by atoms with Gasteiger partial charge in [0.1, 0.15) is 11.8 Å². The van der Waals surface area contributed by atoms with Crippen LogP contribution in [0.5, 0.6) is 5.88 Å². The molecule has 3 N–H and O–H groups in total.